The molecule has 4 heteroatoms. The molecule has 0 bridgehead atoms. The first-order valence-corrected chi connectivity index (χ1v) is 2.97. The van der Waals surface area contributed by atoms with Gasteiger partial charge in [-0.3, -0.25) is 0 Å². The summed E-state index contributed by atoms with van der Waals surface area (Å²) in [6.45, 7) is 0.408. The van der Waals surface area contributed by atoms with Crippen LogP contribution in [-0.4, -0.2) is 38.0 Å². The molecule has 0 rings (SSSR count). The van der Waals surface area contributed by atoms with E-state index < -0.39 is 12.1 Å². The van der Waals surface area contributed by atoms with Crippen molar-refractivity contribution in [2.75, 3.05) is 20.8 Å². The molecule has 1 atom stereocenters. The third kappa shape index (κ3) is 3.42. The maximum Gasteiger partial charge on any atom is 0.332 e. The van der Waals surface area contributed by atoms with Gasteiger partial charge in [-0.25, -0.2) is 4.79 Å². The Morgan fingerprint density at radius 1 is 1.60 bits per heavy atom. The summed E-state index contributed by atoms with van der Waals surface area (Å²) in [5.74, 6) is -0.945. The molecule has 0 aliphatic rings. The molecule has 0 saturated heterocycles. The lowest BCUT2D eigenvalue weighted by atomic mass is 10.3. The molecule has 10 heavy (non-hydrogen) atoms. The Morgan fingerprint density at radius 3 is 2.50 bits per heavy atom. The van der Waals surface area contributed by atoms with Gasteiger partial charge in [0, 0.05) is 27.2 Å². The highest BCUT2D eigenvalue weighted by molar-refractivity contribution is 5.72. The van der Waals surface area contributed by atoms with E-state index in [-0.39, 0.29) is 0 Å². The van der Waals surface area contributed by atoms with Crippen LogP contribution in [0.15, 0.2) is 0 Å². The van der Waals surface area contributed by atoms with Gasteiger partial charge in [0.1, 0.15) is 0 Å². The van der Waals surface area contributed by atoms with Crippen LogP contribution in [0.1, 0.15) is 6.42 Å². The van der Waals surface area contributed by atoms with Crippen molar-refractivity contribution in [2.45, 2.75) is 12.5 Å². The highest BCUT2D eigenvalue weighted by Crippen LogP contribution is 1.96. The number of rotatable bonds is 5. The molecule has 0 saturated carbocycles. The van der Waals surface area contributed by atoms with Gasteiger partial charge in [0.15, 0.2) is 6.10 Å². The van der Waals surface area contributed by atoms with E-state index in [0.717, 1.165) is 0 Å². The van der Waals surface area contributed by atoms with E-state index in [0.29, 0.717) is 13.0 Å². The number of hydrogen-bond donors (Lipinski definition) is 1. The molecule has 60 valence electrons. The lowest BCUT2D eigenvalue weighted by Crippen LogP contribution is -2.23. The number of carboxylic acid groups (broad SMARTS) is 1. The summed E-state index contributed by atoms with van der Waals surface area (Å²) in [6.07, 6.45) is -0.345. The second-order valence-electron chi connectivity index (χ2n) is 1.84. The lowest BCUT2D eigenvalue weighted by molar-refractivity contribution is -0.149. The molecule has 4 nitrogen and oxygen atoms in total. The Bertz CT molecular complexity index is 102. The van der Waals surface area contributed by atoms with Crippen molar-refractivity contribution >= 4 is 5.97 Å². The summed E-state index contributed by atoms with van der Waals surface area (Å²) >= 11 is 0. The first-order valence-electron chi connectivity index (χ1n) is 2.97. The molecule has 0 aromatic carbocycles. The number of methoxy groups -OCH3 is 2. The highest BCUT2D eigenvalue weighted by atomic mass is 16.5. The first kappa shape index (κ1) is 9.39. The van der Waals surface area contributed by atoms with Crippen LogP contribution in [-0.2, 0) is 14.3 Å². The molecular formula is C6H12O4. The first-order chi connectivity index (χ1) is 4.72. The predicted molar refractivity (Wildman–Crippen MR) is 34.9 cm³/mol. The molecule has 0 aromatic rings. The molecular weight excluding hydrogens is 136 g/mol. The number of carboxylic acids is 1. The standard InChI is InChI=1S/C6H12O4/c1-9-4-3-5(10-2)6(7)8/h5H,3-4H2,1-2H3,(H,7,8)/t5-/m1/s1. The number of carbonyl (C=O) groups is 1. The van der Waals surface area contributed by atoms with Crippen LogP contribution >= 0.6 is 0 Å². The van der Waals surface area contributed by atoms with Crippen molar-refractivity contribution in [1.82, 2.24) is 0 Å². The molecule has 0 aromatic heterocycles. The zero-order valence-corrected chi connectivity index (χ0v) is 6.16. The quantitative estimate of drug-likeness (QED) is 0.601. The van der Waals surface area contributed by atoms with Gasteiger partial charge >= 0.3 is 5.97 Å². The molecule has 0 unspecified atom stereocenters. The fraction of sp³-hybridized carbons (Fsp3) is 0.833. The number of aliphatic carboxylic acids is 1. The minimum Gasteiger partial charge on any atom is -0.479 e. The fourth-order valence-corrected chi connectivity index (χ4v) is 0.567. The van der Waals surface area contributed by atoms with Gasteiger partial charge in [-0.15, -0.1) is 0 Å². The van der Waals surface area contributed by atoms with Crippen molar-refractivity contribution in [3.05, 3.63) is 0 Å². The SMILES string of the molecule is COCC[C@@H](OC)C(=O)O. The summed E-state index contributed by atoms with van der Waals surface area (Å²) in [7, 11) is 2.89. The Kier molecular flexibility index (Phi) is 4.88. The summed E-state index contributed by atoms with van der Waals surface area (Å²) < 4.78 is 9.32. The fourth-order valence-electron chi connectivity index (χ4n) is 0.567. The maximum absolute atomic E-state index is 10.3. The van der Waals surface area contributed by atoms with Crippen LogP contribution in [0.3, 0.4) is 0 Å². The van der Waals surface area contributed by atoms with E-state index in [2.05, 4.69) is 9.47 Å². The van der Waals surface area contributed by atoms with E-state index in [9.17, 15) is 4.79 Å². The van der Waals surface area contributed by atoms with Crippen LogP contribution in [0.4, 0.5) is 0 Å². The van der Waals surface area contributed by atoms with Crippen molar-refractivity contribution in [2.24, 2.45) is 0 Å². The molecule has 0 spiro atoms. The lowest BCUT2D eigenvalue weighted by Gasteiger charge is -2.08. The van der Waals surface area contributed by atoms with Gasteiger partial charge in [-0.1, -0.05) is 0 Å². The average molecular weight is 148 g/mol. The topological polar surface area (TPSA) is 55.8 Å². The van der Waals surface area contributed by atoms with Gasteiger partial charge in [-0.2, -0.15) is 0 Å². The van der Waals surface area contributed by atoms with Crippen LogP contribution in [0.25, 0.3) is 0 Å². The third-order valence-corrected chi connectivity index (χ3v) is 1.14. The van der Waals surface area contributed by atoms with Gasteiger partial charge < -0.3 is 14.6 Å². The van der Waals surface area contributed by atoms with Crippen molar-refractivity contribution < 1.29 is 19.4 Å². The Hall–Kier alpha value is -0.610. The molecule has 0 aliphatic heterocycles. The van der Waals surface area contributed by atoms with Gasteiger partial charge in [0.2, 0.25) is 0 Å². The largest absolute Gasteiger partial charge is 0.479 e. The smallest absolute Gasteiger partial charge is 0.332 e. The Morgan fingerprint density at radius 2 is 2.20 bits per heavy atom. The Balaban J connectivity index is 3.50. The molecule has 0 radical (unpaired) electrons. The van der Waals surface area contributed by atoms with E-state index >= 15 is 0 Å². The normalized spacial score (nSPS) is 13.0. The second kappa shape index (κ2) is 5.20. The maximum atomic E-state index is 10.3. The van der Waals surface area contributed by atoms with Crippen LogP contribution in [0.5, 0.6) is 0 Å². The second-order valence-corrected chi connectivity index (χ2v) is 1.84. The third-order valence-electron chi connectivity index (χ3n) is 1.14. The highest BCUT2D eigenvalue weighted by Gasteiger charge is 2.14. The van der Waals surface area contributed by atoms with E-state index in [1.165, 1.54) is 14.2 Å². The van der Waals surface area contributed by atoms with Crippen LogP contribution < -0.4 is 0 Å². The van der Waals surface area contributed by atoms with E-state index in [1.54, 1.807) is 0 Å². The average Bonchev–Trinajstić information content (AvgIpc) is 1.89. The zero-order chi connectivity index (χ0) is 7.98. The number of ether oxygens (including phenoxy) is 2. The van der Waals surface area contributed by atoms with Gasteiger partial charge in [0.05, 0.1) is 0 Å². The van der Waals surface area contributed by atoms with Gasteiger partial charge in [-0.05, 0) is 0 Å². The van der Waals surface area contributed by atoms with Crippen molar-refractivity contribution in [1.29, 1.82) is 0 Å². The Labute approximate surface area is 59.7 Å². The molecule has 0 fully saturated rings. The predicted octanol–water partition coefficient (Wildman–Crippen LogP) is 0.122. The molecule has 0 heterocycles. The minimum absolute atomic E-state index is 0.391. The van der Waals surface area contributed by atoms with Crippen molar-refractivity contribution in [3.8, 4) is 0 Å². The zero-order valence-electron chi connectivity index (χ0n) is 6.16. The number of hydrogen-bond acceptors (Lipinski definition) is 3. The van der Waals surface area contributed by atoms with Crippen LogP contribution in [0.2, 0.25) is 0 Å². The summed E-state index contributed by atoms with van der Waals surface area (Å²) in [5.41, 5.74) is 0. The minimum atomic E-state index is -0.945. The molecule has 0 aliphatic carbocycles. The van der Waals surface area contributed by atoms with E-state index in [4.69, 9.17) is 5.11 Å². The molecule has 0 amide bonds. The monoisotopic (exact) mass is 148 g/mol. The van der Waals surface area contributed by atoms with Gasteiger partial charge in [0.25, 0.3) is 0 Å². The summed E-state index contributed by atoms with van der Waals surface area (Å²) in [6, 6.07) is 0. The van der Waals surface area contributed by atoms with E-state index in [1.807, 2.05) is 0 Å². The summed E-state index contributed by atoms with van der Waals surface area (Å²) in [4.78, 5) is 10.3. The van der Waals surface area contributed by atoms with Crippen molar-refractivity contribution in [3.63, 3.8) is 0 Å². The summed E-state index contributed by atoms with van der Waals surface area (Å²) in [5, 5.41) is 8.42. The molecule has 1 N–H and O–H groups in total. The van der Waals surface area contributed by atoms with Crippen LogP contribution in [0, 0.1) is 0 Å².